The zero-order valence-corrected chi connectivity index (χ0v) is 17.7. The van der Waals surface area contributed by atoms with Gasteiger partial charge in [-0.05, 0) is 65.4 Å². The Balaban J connectivity index is 1.91. The Morgan fingerprint density at radius 1 is 1.20 bits per heavy atom. The summed E-state index contributed by atoms with van der Waals surface area (Å²) in [6, 6.07) is 15.4. The minimum absolute atomic E-state index is 0.0335. The van der Waals surface area contributed by atoms with E-state index in [0.717, 1.165) is 22.3 Å². The zero-order chi connectivity index (χ0) is 21.5. The summed E-state index contributed by atoms with van der Waals surface area (Å²) in [6.07, 6.45) is -0.223. The SMILES string of the molecule is Cc1ccccc1C(CCC(=O)O)Oc1cc(OCc2ccsc2)cc(C)c1C#N. The summed E-state index contributed by atoms with van der Waals surface area (Å²) < 4.78 is 12.2. The fourth-order valence-corrected chi connectivity index (χ4v) is 3.87. The van der Waals surface area contributed by atoms with Crippen LogP contribution in [0.25, 0.3) is 0 Å². The molecule has 0 spiro atoms. The number of aliphatic carboxylic acids is 1. The van der Waals surface area contributed by atoms with Crippen LogP contribution in [0.5, 0.6) is 11.5 Å². The van der Waals surface area contributed by atoms with E-state index in [2.05, 4.69) is 6.07 Å². The number of benzene rings is 2. The van der Waals surface area contributed by atoms with Crippen molar-refractivity contribution in [3.8, 4) is 17.6 Å². The summed E-state index contributed by atoms with van der Waals surface area (Å²) in [7, 11) is 0. The molecule has 1 heterocycles. The minimum atomic E-state index is -0.887. The Labute approximate surface area is 180 Å². The highest BCUT2D eigenvalue weighted by Crippen LogP contribution is 2.34. The third kappa shape index (κ3) is 5.40. The van der Waals surface area contributed by atoms with Crippen LogP contribution in [0, 0.1) is 25.2 Å². The number of aryl methyl sites for hydroxylation is 2. The summed E-state index contributed by atoms with van der Waals surface area (Å²) in [6.45, 7) is 4.22. The van der Waals surface area contributed by atoms with Crippen molar-refractivity contribution < 1.29 is 19.4 Å². The van der Waals surface area contributed by atoms with E-state index in [1.54, 1.807) is 17.4 Å². The monoisotopic (exact) mass is 421 g/mol. The molecule has 0 saturated heterocycles. The van der Waals surface area contributed by atoms with Gasteiger partial charge in [-0.25, -0.2) is 0 Å². The Morgan fingerprint density at radius 3 is 2.67 bits per heavy atom. The van der Waals surface area contributed by atoms with Crippen molar-refractivity contribution in [1.29, 1.82) is 5.26 Å². The van der Waals surface area contributed by atoms with Gasteiger partial charge in [-0.2, -0.15) is 16.6 Å². The molecule has 1 aromatic heterocycles. The van der Waals surface area contributed by atoms with Crippen LogP contribution in [0.1, 0.15) is 46.8 Å². The molecule has 1 unspecified atom stereocenters. The third-order valence-electron chi connectivity index (χ3n) is 4.80. The Morgan fingerprint density at radius 2 is 2.00 bits per heavy atom. The van der Waals surface area contributed by atoms with Crippen LogP contribution in [0.2, 0.25) is 0 Å². The van der Waals surface area contributed by atoms with E-state index in [1.165, 1.54) is 0 Å². The normalized spacial score (nSPS) is 11.5. The van der Waals surface area contributed by atoms with Gasteiger partial charge in [0.2, 0.25) is 0 Å². The van der Waals surface area contributed by atoms with Crippen LogP contribution >= 0.6 is 11.3 Å². The lowest BCUT2D eigenvalue weighted by Crippen LogP contribution is -2.12. The molecule has 154 valence electrons. The highest BCUT2D eigenvalue weighted by atomic mass is 32.1. The number of hydrogen-bond donors (Lipinski definition) is 1. The highest BCUT2D eigenvalue weighted by molar-refractivity contribution is 7.07. The molecular formula is C24H23NO4S. The van der Waals surface area contributed by atoms with E-state index in [9.17, 15) is 10.1 Å². The van der Waals surface area contributed by atoms with Gasteiger partial charge in [-0.1, -0.05) is 24.3 Å². The Kier molecular flexibility index (Phi) is 7.10. The molecule has 1 atom stereocenters. The molecule has 0 saturated carbocycles. The van der Waals surface area contributed by atoms with E-state index in [-0.39, 0.29) is 6.42 Å². The Bertz CT molecular complexity index is 1050. The summed E-state index contributed by atoms with van der Waals surface area (Å²) in [5.41, 5.74) is 4.16. The second-order valence-corrected chi connectivity index (χ2v) is 7.82. The lowest BCUT2D eigenvalue weighted by Gasteiger charge is -2.22. The molecule has 0 aliphatic heterocycles. The molecule has 0 radical (unpaired) electrons. The number of nitrogens with zero attached hydrogens (tertiary/aromatic N) is 1. The van der Waals surface area contributed by atoms with Gasteiger partial charge in [0, 0.05) is 12.5 Å². The van der Waals surface area contributed by atoms with E-state index >= 15 is 0 Å². The van der Waals surface area contributed by atoms with Gasteiger partial charge in [-0.3, -0.25) is 4.79 Å². The fraction of sp³-hybridized carbons (Fsp3) is 0.250. The van der Waals surface area contributed by atoms with Gasteiger partial charge < -0.3 is 14.6 Å². The van der Waals surface area contributed by atoms with E-state index in [4.69, 9.17) is 14.6 Å². The first kappa shape index (κ1) is 21.4. The summed E-state index contributed by atoms with van der Waals surface area (Å²) in [4.78, 5) is 11.2. The van der Waals surface area contributed by atoms with Crippen molar-refractivity contribution in [3.63, 3.8) is 0 Å². The molecule has 0 amide bonds. The number of ether oxygens (including phenoxy) is 2. The molecule has 30 heavy (non-hydrogen) atoms. The molecule has 5 nitrogen and oxygen atoms in total. The molecule has 0 aliphatic carbocycles. The van der Waals surface area contributed by atoms with Crippen LogP contribution in [0.15, 0.2) is 53.2 Å². The second-order valence-electron chi connectivity index (χ2n) is 7.04. The molecular weight excluding hydrogens is 398 g/mol. The van der Waals surface area contributed by atoms with Crippen molar-refractivity contribution in [3.05, 3.63) is 81.0 Å². The largest absolute Gasteiger partial charge is 0.489 e. The van der Waals surface area contributed by atoms with Gasteiger partial charge >= 0.3 is 5.97 Å². The van der Waals surface area contributed by atoms with Crippen molar-refractivity contribution in [2.24, 2.45) is 0 Å². The third-order valence-corrected chi connectivity index (χ3v) is 5.53. The number of carboxylic acid groups (broad SMARTS) is 1. The van der Waals surface area contributed by atoms with Gasteiger partial charge in [0.15, 0.2) is 0 Å². The van der Waals surface area contributed by atoms with Crippen molar-refractivity contribution in [2.75, 3.05) is 0 Å². The van der Waals surface area contributed by atoms with Crippen LogP contribution in [0.4, 0.5) is 0 Å². The van der Waals surface area contributed by atoms with Gasteiger partial charge in [0.05, 0.1) is 5.56 Å². The standard InChI is InChI=1S/C24H23NO4S/c1-16-5-3-4-6-20(16)22(7-8-24(26)27)29-23-12-19(11-17(2)21(23)13-25)28-14-18-9-10-30-15-18/h3-6,9-12,15,22H,7-8,14H2,1-2H3,(H,26,27). The predicted molar refractivity (Wildman–Crippen MR) is 116 cm³/mol. The molecule has 0 fully saturated rings. The smallest absolute Gasteiger partial charge is 0.303 e. The first-order chi connectivity index (χ1) is 14.5. The first-order valence-electron chi connectivity index (χ1n) is 9.60. The summed E-state index contributed by atoms with van der Waals surface area (Å²) >= 11 is 1.61. The highest BCUT2D eigenvalue weighted by Gasteiger charge is 2.20. The molecule has 3 aromatic rings. The topological polar surface area (TPSA) is 79.6 Å². The number of carbonyl (C=O) groups is 1. The van der Waals surface area contributed by atoms with Crippen LogP contribution < -0.4 is 9.47 Å². The lowest BCUT2D eigenvalue weighted by molar-refractivity contribution is -0.137. The average Bonchev–Trinajstić information content (AvgIpc) is 3.23. The molecule has 1 N–H and O–H groups in total. The maximum Gasteiger partial charge on any atom is 0.303 e. The molecule has 3 rings (SSSR count). The number of carboxylic acids is 1. The zero-order valence-electron chi connectivity index (χ0n) is 16.9. The molecule has 6 heteroatoms. The quantitative estimate of drug-likeness (QED) is 0.472. The number of thiophene rings is 1. The maximum absolute atomic E-state index is 11.2. The van der Waals surface area contributed by atoms with Gasteiger partial charge in [0.25, 0.3) is 0 Å². The van der Waals surface area contributed by atoms with Crippen molar-refractivity contribution >= 4 is 17.3 Å². The molecule has 0 aliphatic rings. The fourth-order valence-electron chi connectivity index (χ4n) is 3.22. The van der Waals surface area contributed by atoms with E-state index < -0.39 is 12.1 Å². The minimum Gasteiger partial charge on any atom is -0.489 e. The van der Waals surface area contributed by atoms with Crippen LogP contribution in [-0.2, 0) is 11.4 Å². The van der Waals surface area contributed by atoms with Crippen LogP contribution in [-0.4, -0.2) is 11.1 Å². The lowest BCUT2D eigenvalue weighted by atomic mass is 9.99. The number of hydrogen-bond acceptors (Lipinski definition) is 5. The number of rotatable bonds is 9. The van der Waals surface area contributed by atoms with E-state index in [0.29, 0.717) is 30.1 Å². The predicted octanol–water partition coefficient (Wildman–Crippen LogP) is 5.80. The van der Waals surface area contributed by atoms with Crippen LogP contribution in [0.3, 0.4) is 0 Å². The number of nitriles is 1. The maximum atomic E-state index is 11.2. The molecule has 2 aromatic carbocycles. The average molecular weight is 422 g/mol. The second kappa shape index (κ2) is 9.95. The van der Waals surface area contributed by atoms with Crippen molar-refractivity contribution in [2.45, 2.75) is 39.4 Å². The van der Waals surface area contributed by atoms with Gasteiger partial charge in [0.1, 0.15) is 30.3 Å². The van der Waals surface area contributed by atoms with Gasteiger partial charge in [-0.15, -0.1) is 0 Å². The summed E-state index contributed by atoms with van der Waals surface area (Å²) in [5, 5.41) is 22.8. The summed E-state index contributed by atoms with van der Waals surface area (Å²) in [5.74, 6) is 0.118. The van der Waals surface area contributed by atoms with Crippen molar-refractivity contribution in [1.82, 2.24) is 0 Å². The molecule has 0 bridgehead atoms. The Hall–Kier alpha value is -3.30. The van der Waals surface area contributed by atoms with E-state index in [1.807, 2.05) is 61.0 Å². The first-order valence-corrected chi connectivity index (χ1v) is 10.5.